The van der Waals surface area contributed by atoms with Crippen molar-refractivity contribution in [2.75, 3.05) is 6.54 Å². The van der Waals surface area contributed by atoms with Crippen molar-refractivity contribution in [2.24, 2.45) is 16.9 Å². The summed E-state index contributed by atoms with van der Waals surface area (Å²) in [5.41, 5.74) is 14.5. The van der Waals surface area contributed by atoms with E-state index in [4.69, 9.17) is 11.5 Å². The first-order valence-corrected chi connectivity index (χ1v) is 6.37. The molecule has 4 N–H and O–H groups in total. The molecule has 0 radical (unpaired) electrons. The van der Waals surface area contributed by atoms with Crippen LogP contribution in [-0.4, -0.2) is 6.54 Å². The fraction of sp³-hybridized carbons (Fsp3) is 0.538. The van der Waals surface area contributed by atoms with Gasteiger partial charge in [-0.05, 0) is 48.6 Å². The molecule has 0 spiro atoms. The Bertz CT molecular complexity index is 361. The normalized spacial score (nSPS) is 13.9. The maximum atomic E-state index is 6.25. The van der Waals surface area contributed by atoms with E-state index in [2.05, 4.69) is 48.8 Å². The van der Waals surface area contributed by atoms with Gasteiger partial charge in [-0.25, -0.2) is 0 Å². The highest BCUT2D eigenvalue weighted by atomic mass is 79.9. The Morgan fingerprint density at radius 2 is 2.00 bits per heavy atom. The number of nitrogens with two attached hydrogens (primary N) is 2. The monoisotopic (exact) mass is 284 g/mol. The molecule has 1 rings (SSSR count). The van der Waals surface area contributed by atoms with E-state index in [0.717, 1.165) is 10.9 Å². The molecule has 1 atom stereocenters. The quantitative estimate of drug-likeness (QED) is 0.893. The first-order valence-electron chi connectivity index (χ1n) is 5.57. The van der Waals surface area contributed by atoms with E-state index in [9.17, 15) is 0 Å². The van der Waals surface area contributed by atoms with Crippen LogP contribution < -0.4 is 11.5 Å². The summed E-state index contributed by atoms with van der Waals surface area (Å²) in [6, 6.07) is 6.29. The number of halogens is 1. The van der Waals surface area contributed by atoms with Crippen LogP contribution in [0.15, 0.2) is 22.7 Å². The molecule has 0 aliphatic heterocycles. The zero-order valence-corrected chi connectivity index (χ0v) is 11.8. The fourth-order valence-electron chi connectivity index (χ4n) is 1.80. The van der Waals surface area contributed by atoms with E-state index in [1.54, 1.807) is 0 Å². The summed E-state index contributed by atoms with van der Waals surface area (Å²) in [7, 11) is 0. The zero-order valence-electron chi connectivity index (χ0n) is 10.3. The molecule has 2 nitrogen and oxygen atoms in total. The zero-order chi connectivity index (χ0) is 12.3. The van der Waals surface area contributed by atoms with Gasteiger partial charge in [-0.2, -0.15) is 0 Å². The average molecular weight is 285 g/mol. The van der Waals surface area contributed by atoms with Crippen molar-refractivity contribution in [2.45, 2.75) is 33.2 Å². The predicted molar refractivity (Wildman–Crippen MR) is 73.3 cm³/mol. The summed E-state index contributed by atoms with van der Waals surface area (Å²) >= 11 is 3.48. The second-order valence-electron chi connectivity index (χ2n) is 5.18. The lowest BCUT2D eigenvalue weighted by molar-refractivity contribution is 0.317. The molecule has 0 saturated carbocycles. The Hall–Kier alpha value is -0.380. The smallest absolute Gasteiger partial charge is 0.0303 e. The molecule has 0 aromatic heterocycles. The molecule has 1 unspecified atom stereocenters. The molecule has 0 heterocycles. The van der Waals surface area contributed by atoms with Crippen molar-refractivity contribution in [1.29, 1.82) is 0 Å². The molecular formula is C13H21BrN2. The minimum Gasteiger partial charge on any atom is -0.330 e. The van der Waals surface area contributed by atoms with E-state index in [-0.39, 0.29) is 11.5 Å². The van der Waals surface area contributed by atoms with E-state index >= 15 is 0 Å². The summed E-state index contributed by atoms with van der Waals surface area (Å²) in [4.78, 5) is 0. The van der Waals surface area contributed by atoms with Gasteiger partial charge in [-0.1, -0.05) is 35.8 Å². The lowest BCUT2D eigenvalue weighted by Crippen LogP contribution is -2.28. The van der Waals surface area contributed by atoms with Crippen LogP contribution in [-0.2, 0) is 0 Å². The standard InChI is InChI=1S/C13H21BrN2/c1-9-4-5-10(14)6-11(9)12(16)7-13(2,3)8-15/h4-6,12H,7-8,15-16H2,1-3H3. The summed E-state index contributed by atoms with van der Waals surface area (Å²) in [6.07, 6.45) is 0.904. The molecule has 0 aliphatic carbocycles. The number of aryl methyl sites for hydroxylation is 1. The van der Waals surface area contributed by atoms with Gasteiger partial charge in [0.2, 0.25) is 0 Å². The largest absolute Gasteiger partial charge is 0.330 e. The summed E-state index contributed by atoms with van der Waals surface area (Å²) in [5.74, 6) is 0. The summed E-state index contributed by atoms with van der Waals surface area (Å²) in [5, 5.41) is 0. The maximum Gasteiger partial charge on any atom is 0.0303 e. The Morgan fingerprint density at radius 1 is 1.38 bits per heavy atom. The van der Waals surface area contributed by atoms with Crippen LogP contribution in [0.2, 0.25) is 0 Å². The minimum absolute atomic E-state index is 0.0519. The van der Waals surface area contributed by atoms with Crippen molar-refractivity contribution in [3.63, 3.8) is 0 Å². The summed E-state index contributed by atoms with van der Waals surface area (Å²) < 4.78 is 1.08. The third-order valence-corrected chi connectivity index (χ3v) is 3.46. The van der Waals surface area contributed by atoms with Gasteiger partial charge >= 0.3 is 0 Å². The Balaban J connectivity index is 2.88. The molecule has 0 aliphatic rings. The van der Waals surface area contributed by atoms with Crippen LogP contribution in [0.25, 0.3) is 0 Å². The Kier molecular flexibility index (Phi) is 4.53. The Labute approximate surface area is 107 Å². The van der Waals surface area contributed by atoms with Crippen molar-refractivity contribution >= 4 is 15.9 Å². The second-order valence-corrected chi connectivity index (χ2v) is 6.10. The van der Waals surface area contributed by atoms with Crippen LogP contribution in [0.4, 0.5) is 0 Å². The number of hydrogen-bond donors (Lipinski definition) is 2. The van der Waals surface area contributed by atoms with Crippen LogP contribution in [0.3, 0.4) is 0 Å². The molecular weight excluding hydrogens is 264 g/mol. The first-order chi connectivity index (χ1) is 7.35. The highest BCUT2D eigenvalue weighted by Crippen LogP contribution is 2.30. The van der Waals surface area contributed by atoms with Gasteiger partial charge in [0.1, 0.15) is 0 Å². The molecule has 1 aromatic rings. The van der Waals surface area contributed by atoms with Crippen LogP contribution in [0.1, 0.15) is 37.4 Å². The molecule has 0 amide bonds. The first kappa shape index (κ1) is 13.7. The third kappa shape index (κ3) is 3.58. The van der Waals surface area contributed by atoms with Crippen LogP contribution >= 0.6 is 15.9 Å². The van der Waals surface area contributed by atoms with Gasteiger partial charge < -0.3 is 11.5 Å². The molecule has 3 heteroatoms. The number of hydrogen-bond acceptors (Lipinski definition) is 2. The van der Waals surface area contributed by atoms with Crippen molar-refractivity contribution < 1.29 is 0 Å². The van der Waals surface area contributed by atoms with Gasteiger partial charge in [-0.3, -0.25) is 0 Å². The second kappa shape index (κ2) is 5.30. The number of benzene rings is 1. The third-order valence-electron chi connectivity index (χ3n) is 2.97. The van der Waals surface area contributed by atoms with Crippen LogP contribution in [0, 0.1) is 12.3 Å². The molecule has 16 heavy (non-hydrogen) atoms. The van der Waals surface area contributed by atoms with Crippen molar-refractivity contribution in [1.82, 2.24) is 0 Å². The van der Waals surface area contributed by atoms with E-state index < -0.39 is 0 Å². The highest BCUT2D eigenvalue weighted by molar-refractivity contribution is 9.10. The Morgan fingerprint density at radius 3 is 2.56 bits per heavy atom. The predicted octanol–water partition coefficient (Wildman–Crippen LogP) is 3.13. The topological polar surface area (TPSA) is 52.0 Å². The van der Waals surface area contributed by atoms with Gasteiger partial charge in [-0.15, -0.1) is 0 Å². The molecule has 90 valence electrons. The lowest BCUT2D eigenvalue weighted by atomic mass is 9.83. The van der Waals surface area contributed by atoms with E-state index in [0.29, 0.717) is 6.54 Å². The molecule has 0 fully saturated rings. The fourth-order valence-corrected chi connectivity index (χ4v) is 2.18. The molecule has 0 saturated heterocycles. The van der Waals surface area contributed by atoms with Crippen LogP contribution in [0.5, 0.6) is 0 Å². The summed E-state index contributed by atoms with van der Waals surface area (Å²) in [6.45, 7) is 7.06. The average Bonchev–Trinajstić information content (AvgIpc) is 2.21. The number of rotatable bonds is 4. The van der Waals surface area contributed by atoms with E-state index in [1.807, 2.05) is 6.07 Å². The highest BCUT2D eigenvalue weighted by Gasteiger charge is 2.21. The SMILES string of the molecule is Cc1ccc(Br)cc1C(N)CC(C)(C)CN. The maximum absolute atomic E-state index is 6.25. The van der Waals surface area contributed by atoms with Gasteiger partial charge in [0.05, 0.1) is 0 Å². The van der Waals surface area contributed by atoms with Gasteiger partial charge in [0, 0.05) is 10.5 Å². The molecule has 1 aromatic carbocycles. The molecule has 0 bridgehead atoms. The van der Waals surface area contributed by atoms with Crippen molar-refractivity contribution in [3.05, 3.63) is 33.8 Å². The van der Waals surface area contributed by atoms with Gasteiger partial charge in [0.15, 0.2) is 0 Å². The lowest BCUT2D eigenvalue weighted by Gasteiger charge is -2.27. The van der Waals surface area contributed by atoms with Gasteiger partial charge in [0.25, 0.3) is 0 Å². The van der Waals surface area contributed by atoms with Crippen molar-refractivity contribution in [3.8, 4) is 0 Å². The van der Waals surface area contributed by atoms with E-state index in [1.165, 1.54) is 11.1 Å². The minimum atomic E-state index is 0.0519.